The van der Waals surface area contributed by atoms with E-state index < -0.39 is 33.0 Å². The van der Waals surface area contributed by atoms with Crippen molar-refractivity contribution in [3.63, 3.8) is 0 Å². The summed E-state index contributed by atoms with van der Waals surface area (Å²) in [6, 6.07) is 13.4. The van der Waals surface area contributed by atoms with E-state index in [0.29, 0.717) is 0 Å². The molecular formula is C19H21NO5S. The minimum absolute atomic E-state index is 0.128. The molecule has 0 fully saturated rings. The first kappa shape index (κ1) is 19.7. The molecule has 7 heteroatoms. The van der Waals surface area contributed by atoms with Gasteiger partial charge in [-0.3, -0.25) is 4.79 Å². The van der Waals surface area contributed by atoms with Crippen LogP contribution in [0.25, 0.3) is 0 Å². The van der Waals surface area contributed by atoms with E-state index in [1.165, 1.54) is 24.3 Å². The number of benzene rings is 2. The molecular weight excluding hydrogens is 354 g/mol. The second kappa shape index (κ2) is 8.14. The van der Waals surface area contributed by atoms with Crippen molar-refractivity contribution < 1.29 is 23.1 Å². The quantitative estimate of drug-likeness (QED) is 0.773. The fraction of sp³-hybridized carbons (Fsp3) is 0.263. The van der Waals surface area contributed by atoms with Crippen molar-refractivity contribution in [2.24, 2.45) is 0 Å². The zero-order valence-electron chi connectivity index (χ0n) is 14.5. The van der Waals surface area contributed by atoms with Crippen LogP contribution in [0.3, 0.4) is 0 Å². The molecule has 1 atom stereocenters. The van der Waals surface area contributed by atoms with E-state index in [4.69, 9.17) is 0 Å². The molecule has 2 N–H and O–H groups in total. The highest BCUT2D eigenvalue weighted by Gasteiger charge is 2.22. The molecule has 0 spiro atoms. The molecule has 2 rings (SSSR count). The molecule has 1 unspecified atom stereocenters. The standard InChI is InChI=1S/C19H21NO5S/c1-13(2)26(24,25)16-10-8-15(9-11-16)18(21)20-17(19(22)23)12-14-6-4-3-5-7-14/h3-11,13,17H,12H2,1-2H3,(H,20,21)(H,22,23). The van der Waals surface area contributed by atoms with E-state index >= 15 is 0 Å². The van der Waals surface area contributed by atoms with E-state index in [1.54, 1.807) is 38.1 Å². The maximum Gasteiger partial charge on any atom is 0.326 e. The van der Waals surface area contributed by atoms with Gasteiger partial charge in [-0.05, 0) is 43.7 Å². The molecule has 2 aromatic rings. The number of nitrogens with one attached hydrogen (secondary N) is 1. The van der Waals surface area contributed by atoms with Crippen LogP contribution >= 0.6 is 0 Å². The first-order chi connectivity index (χ1) is 12.2. The number of amides is 1. The third-order valence-electron chi connectivity index (χ3n) is 3.95. The third-order valence-corrected chi connectivity index (χ3v) is 6.12. The summed E-state index contributed by atoms with van der Waals surface area (Å²) in [5, 5.41) is 11.3. The number of aliphatic carboxylic acids is 1. The molecule has 26 heavy (non-hydrogen) atoms. The van der Waals surface area contributed by atoms with Crippen molar-refractivity contribution >= 4 is 21.7 Å². The fourth-order valence-corrected chi connectivity index (χ4v) is 3.42. The number of rotatable bonds is 7. The average Bonchev–Trinajstić information content (AvgIpc) is 2.61. The number of sulfone groups is 1. The Morgan fingerprint density at radius 2 is 1.58 bits per heavy atom. The summed E-state index contributed by atoms with van der Waals surface area (Å²) in [4.78, 5) is 23.9. The molecule has 0 aliphatic heterocycles. The first-order valence-corrected chi connectivity index (χ1v) is 9.68. The highest BCUT2D eigenvalue weighted by molar-refractivity contribution is 7.92. The lowest BCUT2D eigenvalue weighted by atomic mass is 10.1. The van der Waals surface area contributed by atoms with Crippen LogP contribution in [0.2, 0.25) is 0 Å². The molecule has 0 aromatic heterocycles. The Kier molecular flexibility index (Phi) is 6.15. The lowest BCUT2D eigenvalue weighted by molar-refractivity contribution is -0.139. The predicted molar refractivity (Wildman–Crippen MR) is 97.8 cm³/mol. The minimum atomic E-state index is -3.42. The second-order valence-corrected chi connectivity index (χ2v) is 8.68. The van der Waals surface area contributed by atoms with Gasteiger partial charge in [0.05, 0.1) is 10.1 Å². The summed E-state index contributed by atoms with van der Waals surface area (Å²) < 4.78 is 24.2. The molecule has 1 amide bonds. The average molecular weight is 375 g/mol. The van der Waals surface area contributed by atoms with Gasteiger partial charge in [-0.2, -0.15) is 0 Å². The predicted octanol–water partition coefficient (Wildman–Crippen LogP) is 2.29. The van der Waals surface area contributed by atoms with Crippen molar-refractivity contribution in [2.75, 3.05) is 0 Å². The lowest BCUT2D eigenvalue weighted by Gasteiger charge is -2.15. The van der Waals surface area contributed by atoms with Gasteiger partial charge in [0, 0.05) is 12.0 Å². The SMILES string of the molecule is CC(C)S(=O)(=O)c1ccc(C(=O)NC(Cc2ccccc2)C(=O)O)cc1. The fourth-order valence-electron chi connectivity index (χ4n) is 2.36. The largest absolute Gasteiger partial charge is 0.480 e. The Hall–Kier alpha value is -2.67. The summed E-state index contributed by atoms with van der Waals surface area (Å²) in [5.41, 5.74) is 0.991. The number of carboxylic acids is 1. The van der Waals surface area contributed by atoms with E-state index in [0.717, 1.165) is 5.56 Å². The molecule has 0 heterocycles. The highest BCUT2D eigenvalue weighted by atomic mass is 32.2. The van der Waals surface area contributed by atoms with Crippen molar-refractivity contribution in [1.29, 1.82) is 0 Å². The van der Waals surface area contributed by atoms with Gasteiger partial charge in [0.2, 0.25) is 0 Å². The van der Waals surface area contributed by atoms with E-state index in [9.17, 15) is 23.1 Å². The van der Waals surface area contributed by atoms with Gasteiger partial charge in [-0.25, -0.2) is 13.2 Å². The monoisotopic (exact) mass is 375 g/mol. The summed E-state index contributed by atoms with van der Waals surface area (Å²) in [5.74, 6) is -1.71. The van der Waals surface area contributed by atoms with Gasteiger partial charge in [0.1, 0.15) is 6.04 Å². The van der Waals surface area contributed by atoms with Gasteiger partial charge in [0.15, 0.2) is 9.84 Å². The third kappa shape index (κ3) is 4.70. The second-order valence-electron chi connectivity index (χ2n) is 6.17. The molecule has 2 aromatic carbocycles. The van der Waals surface area contributed by atoms with Gasteiger partial charge < -0.3 is 10.4 Å². The molecule has 138 valence electrons. The Bertz CT molecular complexity index is 874. The summed E-state index contributed by atoms with van der Waals surface area (Å²) in [6.07, 6.45) is 0.154. The number of carbonyl (C=O) groups is 2. The van der Waals surface area contributed by atoms with Gasteiger partial charge >= 0.3 is 5.97 Å². The normalized spacial score (nSPS) is 12.6. The number of hydrogen-bond acceptors (Lipinski definition) is 4. The Morgan fingerprint density at radius 1 is 1.00 bits per heavy atom. The van der Waals surface area contributed by atoms with Crippen molar-refractivity contribution in [3.8, 4) is 0 Å². The summed E-state index contributed by atoms with van der Waals surface area (Å²) in [6.45, 7) is 3.16. The van der Waals surface area contributed by atoms with Crippen LogP contribution in [0.4, 0.5) is 0 Å². The van der Waals surface area contributed by atoms with Crippen LogP contribution in [0.15, 0.2) is 59.5 Å². The van der Waals surface area contributed by atoms with E-state index in [2.05, 4.69) is 5.32 Å². The molecule has 0 aliphatic rings. The first-order valence-electron chi connectivity index (χ1n) is 8.13. The molecule has 0 radical (unpaired) electrons. The minimum Gasteiger partial charge on any atom is -0.480 e. The number of carbonyl (C=O) groups excluding carboxylic acids is 1. The summed E-state index contributed by atoms with van der Waals surface area (Å²) >= 11 is 0. The molecule has 0 saturated heterocycles. The van der Waals surface area contributed by atoms with Gasteiger partial charge in [-0.15, -0.1) is 0 Å². The molecule has 0 saturated carbocycles. The maximum absolute atomic E-state index is 12.3. The number of hydrogen-bond donors (Lipinski definition) is 2. The Morgan fingerprint density at radius 3 is 2.08 bits per heavy atom. The van der Waals surface area contributed by atoms with Crippen LogP contribution in [0.1, 0.15) is 29.8 Å². The topological polar surface area (TPSA) is 101 Å². The van der Waals surface area contributed by atoms with E-state index in [1.807, 2.05) is 6.07 Å². The van der Waals surface area contributed by atoms with Crippen LogP contribution in [0.5, 0.6) is 0 Å². The van der Waals surface area contributed by atoms with Crippen molar-refractivity contribution in [3.05, 3.63) is 65.7 Å². The number of carboxylic acid groups (broad SMARTS) is 1. The molecule has 6 nitrogen and oxygen atoms in total. The maximum atomic E-state index is 12.3. The van der Waals surface area contributed by atoms with Crippen LogP contribution < -0.4 is 5.32 Å². The summed E-state index contributed by atoms with van der Waals surface area (Å²) in [7, 11) is -3.42. The van der Waals surface area contributed by atoms with E-state index in [-0.39, 0.29) is 16.9 Å². The highest BCUT2D eigenvalue weighted by Crippen LogP contribution is 2.16. The van der Waals surface area contributed by atoms with Crippen molar-refractivity contribution in [1.82, 2.24) is 5.32 Å². The lowest BCUT2D eigenvalue weighted by Crippen LogP contribution is -2.42. The smallest absolute Gasteiger partial charge is 0.326 e. The van der Waals surface area contributed by atoms with Crippen molar-refractivity contribution in [2.45, 2.75) is 36.5 Å². The van der Waals surface area contributed by atoms with Crippen LogP contribution in [0, 0.1) is 0 Å². The van der Waals surface area contributed by atoms with Gasteiger partial charge in [-0.1, -0.05) is 30.3 Å². The van der Waals surface area contributed by atoms with Gasteiger partial charge in [0.25, 0.3) is 5.91 Å². The molecule has 0 aliphatic carbocycles. The molecule has 0 bridgehead atoms. The van der Waals surface area contributed by atoms with Crippen LogP contribution in [-0.4, -0.2) is 36.7 Å². The van der Waals surface area contributed by atoms with Crippen LogP contribution in [-0.2, 0) is 21.1 Å². The zero-order chi connectivity index (χ0) is 19.3. The Labute approximate surface area is 152 Å². The Balaban J connectivity index is 2.13. The zero-order valence-corrected chi connectivity index (χ0v) is 15.4.